The predicted octanol–water partition coefficient (Wildman–Crippen LogP) is 2.46. The van der Waals surface area contributed by atoms with Crippen LogP contribution in [0.1, 0.15) is 5.56 Å². The van der Waals surface area contributed by atoms with E-state index >= 15 is 0 Å². The first-order valence-electron chi connectivity index (χ1n) is 4.57. The predicted molar refractivity (Wildman–Crippen MR) is 65.4 cm³/mol. The highest BCUT2D eigenvalue weighted by Gasteiger charge is 2.16. The maximum atomic E-state index is 5.96. The van der Waals surface area contributed by atoms with Crippen molar-refractivity contribution in [2.24, 2.45) is 9.98 Å². The maximum Gasteiger partial charge on any atom is 0.221 e. The molecule has 6 heteroatoms. The van der Waals surface area contributed by atoms with Crippen molar-refractivity contribution < 1.29 is 4.74 Å². The SMILES string of the molecule is COc1ccc(C2=NC(Cl)=NCN2Cl)cc1. The number of hydrogen-bond donors (Lipinski definition) is 0. The van der Waals surface area contributed by atoms with Gasteiger partial charge in [-0.1, -0.05) is 0 Å². The minimum atomic E-state index is 0.211. The van der Waals surface area contributed by atoms with E-state index in [0.29, 0.717) is 12.5 Å². The van der Waals surface area contributed by atoms with Gasteiger partial charge in [0.25, 0.3) is 0 Å². The number of aliphatic imine (C=N–C) groups is 2. The number of ether oxygens (including phenoxy) is 1. The Morgan fingerprint density at radius 1 is 1.31 bits per heavy atom. The Morgan fingerprint density at radius 2 is 2.00 bits per heavy atom. The van der Waals surface area contributed by atoms with E-state index in [0.717, 1.165) is 11.3 Å². The van der Waals surface area contributed by atoms with Crippen molar-refractivity contribution in [3.63, 3.8) is 0 Å². The van der Waals surface area contributed by atoms with Gasteiger partial charge >= 0.3 is 0 Å². The molecule has 0 saturated heterocycles. The summed E-state index contributed by atoms with van der Waals surface area (Å²) in [6, 6.07) is 7.40. The lowest BCUT2D eigenvalue weighted by Gasteiger charge is -2.19. The standard InChI is InChI=1S/C10H9Cl2N3O/c1-16-8-4-2-7(3-5-8)9-14-10(11)13-6-15(9)12/h2-5H,6H2,1H3. The zero-order chi connectivity index (χ0) is 11.5. The molecule has 0 radical (unpaired) electrons. The minimum Gasteiger partial charge on any atom is -0.497 e. The van der Waals surface area contributed by atoms with Crippen LogP contribution in [0.15, 0.2) is 34.3 Å². The van der Waals surface area contributed by atoms with Crippen LogP contribution in [0.2, 0.25) is 0 Å². The third-order valence-corrected chi connectivity index (χ3v) is 2.57. The lowest BCUT2D eigenvalue weighted by atomic mass is 10.2. The zero-order valence-electron chi connectivity index (χ0n) is 8.52. The van der Waals surface area contributed by atoms with E-state index < -0.39 is 0 Å². The third kappa shape index (κ3) is 2.28. The van der Waals surface area contributed by atoms with E-state index in [2.05, 4.69) is 9.98 Å². The Hall–Kier alpha value is -1.26. The molecule has 4 nitrogen and oxygen atoms in total. The fraction of sp³-hybridized carbons (Fsp3) is 0.200. The molecule has 1 aromatic carbocycles. The average Bonchev–Trinajstić information content (AvgIpc) is 2.32. The highest BCUT2D eigenvalue weighted by Crippen LogP contribution is 2.17. The minimum absolute atomic E-state index is 0.211. The second kappa shape index (κ2) is 4.72. The van der Waals surface area contributed by atoms with E-state index in [1.807, 2.05) is 24.3 Å². The largest absolute Gasteiger partial charge is 0.497 e. The van der Waals surface area contributed by atoms with Crippen molar-refractivity contribution in [3.05, 3.63) is 29.8 Å². The van der Waals surface area contributed by atoms with Crippen molar-refractivity contribution in [2.75, 3.05) is 13.8 Å². The highest BCUT2D eigenvalue weighted by atomic mass is 35.5. The van der Waals surface area contributed by atoms with Gasteiger partial charge < -0.3 is 4.74 Å². The summed E-state index contributed by atoms with van der Waals surface area (Å²) in [6.07, 6.45) is 0. The normalized spacial score (nSPS) is 15.6. The number of methoxy groups -OCH3 is 1. The van der Waals surface area contributed by atoms with Crippen LogP contribution >= 0.6 is 23.4 Å². The molecular weight excluding hydrogens is 249 g/mol. The van der Waals surface area contributed by atoms with Crippen LogP contribution in [0, 0.1) is 0 Å². The third-order valence-electron chi connectivity index (χ3n) is 2.10. The Labute approximate surface area is 103 Å². The van der Waals surface area contributed by atoms with E-state index in [1.54, 1.807) is 7.11 Å². The zero-order valence-corrected chi connectivity index (χ0v) is 10.0. The fourth-order valence-electron chi connectivity index (χ4n) is 1.31. The Bertz CT molecular complexity index is 442. The topological polar surface area (TPSA) is 37.2 Å². The molecule has 0 amide bonds. The Kier molecular flexibility index (Phi) is 3.31. The summed E-state index contributed by atoms with van der Waals surface area (Å²) in [5, 5.41) is 0.211. The molecule has 16 heavy (non-hydrogen) atoms. The van der Waals surface area contributed by atoms with Gasteiger partial charge in [-0.3, -0.25) is 0 Å². The second-order valence-corrected chi connectivity index (χ2v) is 3.84. The molecule has 0 atom stereocenters. The molecule has 0 aromatic heterocycles. The van der Waals surface area contributed by atoms with Crippen LogP contribution in [-0.2, 0) is 0 Å². The molecule has 0 spiro atoms. The number of halogens is 2. The first kappa shape index (κ1) is 11.2. The van der Waals surface area contributed by atoms with Crippen LogP contribution in [-0.4, -0.2) is 29.3 Å². The van der Waals surface area contributed by atoms with E-state index in [1.165, 1.54) is 4.42 Å². The molecule has 2 rings (SSSR count). The molecular formula is C10H9Cl2N3O. The smallest absolute Gasteiger partial charge is 0.221 e. The summed E-state index contributed by atoms with van der Waals surface area (Å²) in [5.74, 6) is 1.37. The average molecular weight is 258 g/mol. The molecule has 1 aliphatic heterocycles. The van der Waals surface area contributed by atoms with Gasteiger partial charge in [0, 0.05) is 17.3 Å². The number of nitrogens with zero attached hydrogens (tertiary/aromatic N) is 3. The van der Waals surface area contributed by atoms with Gasteiger partial charge in [0.1, 0.15) is 12.4 Å². The van der Waals surface area contributed by atoms with Crippen LogP contribution in [0.25, 0.3) is 0 Å². The van der Waals surface area contributed by atoms with Gasteiger partial charge in [-0.15, -0.1) is 0 Å². The van der Waals surface area contributed by atoms with Gasteiger partial charge in [-0.2, -0.15) is 4.99 Å². The summed E-state index contributed by atoms with van der Waals surface area (Å²) in [4.78, 5) is 7.96. The molecule has 0 N–H and O–H groups in total. The van der Waals surface area contributed by atoms with Crippen molar-refractivity contribution in [1.29, 1.82) is 0 Å². The molecule has 1 heterocycles. The van der Waals surface area contributed by atoms with Crippen molar-refractivity contribution >= 4 is 34.5 Å². The number of benzene rings is 1. The first-order chi connectivity index (χ1) is 7.70. The fourth-order valence-corrected chi connectivity index (χ4v) is 1.63. The molecule has 0 aliphatic carbocycles. The summed E-state index contributed by atoms with van der Waals surface area (Å²) in [6.45, 7) is 0.297. The van der Waals surface area contributed by atoms with E-state index in [4.69, 9.17) is 28.1 Å². The van der Waals surface area contributed by atoms with Crippen LogP contribution in [0.4, 0.5) is 0 Å². The van der Waals surface area contributed by atoms with Crippen LogP contribution in [0.5, 0.6) is 5.75 Å². The lowest BCUT2D eigenvalue weighted by molar-refractivity contribution is 0.415. The highest BCUT2D eigenvalue weighted by molar-refractivity contribution is 6.66. The van der Waals surface area contributed by atoms with Crippen molar-refractivity contribution in [3.8, 4) is 5.75 Å². The monoisotopic (exact) mass is 257 g/mol. The number of hydrogen-bond acceptors (Lipinski definition) is 4. The Balaban J connectivity index is 2.32. The maximum absolute atomic E-state index is 5.96. The lowest BCUT2D eigenvalue weighted by Crippen LogP contribution is -2.27. The van der Waals surface area contributed by atoms with Gasteiger partial charge in [0.15, 0.2) is 5.84 Å². The molecule has 1 aliphatic rings. The summed E-state index contributed by atoms with van der Waals surface area (Å²) >= 11 is 11.7. The van der Waals surface area contributed by atoms with Gasteiger partial charge in [-0.25, -0.2) is 9.41 Å². The molecule has 0 bridgehead atoms. The summed E-state index contributed by atoms with van der Waals surface area (Å²) in [5.41, 5.74) is 0.865. The van der Waals surface area contributed by atoms with Crippen LogP contribution in [0.3, 0.4) is 0 Å². The quantitative estimate of drug-likeness (QED) is 0.603. The van der Waals surface area contributed by atoms with Crippen molar-refractivity contribution in [1.82, 2.24) is 4.42 Å². The molecule has 84 valence electrons. The molecule has 1 aromatic rings. The molecule has 0 fully saturated rings. The van der Waals surface area contributed by atoms with Gasteiger partial charge in [0.05, 0.1) is 7.11 Å². The van der Waals surface area contributed by atoms with Crippen LogP contribution < -0.4 is 4.74 Å². The van der Waals surface area contributed by atoms with Gasteiger partial charge in [0.2, 0.25) is 5.29 Å². The number of rotatable bonds is 2. The molecule has 0 unspecified atom stereocenters. The summed E-state index contributed by atoms with van der Waals surface area (Å²) < 4.78 is 6.48. The number of amidine groups is 2. The van der Waals surface area contributed by atoms with Gasteiger partial charge in [-0.05, 0) is 35.9 Å². The first-order valence-corrected chi connectivity index (χ1v) is 5.28. The summed E-state index contributed by atoms with van der Waals surface area (Å²) in [7, 11) is 1.62. The van der Waals surface area contributed by atoms with Crippen molar-refractivity contribution in [2.45, 2.75) is 0 Å². The Morgan fingerprint density at radius 3 is 2.62 bits per heavy atom. The van der Waals surface area contributed by atoms with E-state index in [-0.39, 0.29) is 5.29 Å². The molecule has 0 saturated carbocycles. The van der Waals surface area contributed by atoms with E-state index in [9.17, 15) is 0 Å². The second-order valence-electron chi connectivity index (χ2n) is 3.09.